The van der Waals surface area contributed by atoms with E-state index in [1.165, 1.54) is 0 Å². The van der Waals surface area contributed by atoms with Gasteiger partial charge in [-0.1, -0.05) is 12.1 Å². The lowest BCUT2D eigenvalue weighted by atomic mass is 10.2. The van der Waals surface area contributed by atoms with Gasteiger partial charge in [0.15, 0.2) is 5.82 Å². The molecule has 0 spiro atoms. The van der Waals surface area contributed by atoms with Gasteiger partial charge in [0.05, 0.1) is 12.2 Å². The van der Waals surface area contributed by atoms with E-state index >= 15 is 0 Å². The summed E-state index contributed by atoms with van der Waals surface area (Å²) in [5.74, 6) is 2.12. The van der Waals surface area contributed by atoms with Crippen LogP contribution >= 0.6 is 0 Å². The van der Waals surface area contributed by atoms with E-state index in [4.69, 9.17) is 14.7 Å². The molecule has 1 fully saturated rings. The molecule has 120 valence electrons. The number of hydrogen-bond acceptors (Lipinski definition) is 6. The molecule has 0 aliphatic carbocycles. The van der Waals surface area contributed by atoms with E-state index in [1.54, 1.807) is 6.07 Å². The van der Waals surface area contributed by atoms with Crippen molar-refractivity contribution in [2.45, 2.75) is 13.0 Å². The Morgan fingerprint density at radius 3 is 3.13 bits per heavy atom. The summed E-state index contributed by atoms with van der Waals surface area (Å²) in [6.07, 6.45) is -0.111. The van der Waals surface area contributed by atoms with Crippen molar-refractivity contribution in [2.24, 2.45) is 0 Å². The molecule has 0 saturated carbocycles. The SMILES string of the molecule is Cc1nc(C2CN(CCOc3ccccc3C#N)CCO2)n[nH]1. The Balaban J connectivity index is 1.51. The van der Waals surface area contributed by atoms with Crippen LogP contribution < -0.4 is 4.74 Å². The zero-order valence-corrected chi connectivity index (χ0v) is 13.0. The maximum absolute atomic E-state index is 9.06. The molecule has 1 aliphatic rings. The number of ether oxygens (including phenoxy) is 2. The van der Waals surface area contributed by atoms with Crippen LogP contribution in [0.1, 0.15) is 23.3 Å². The number of benzene rings is 1. The first-order chi connectivity index (χ1) is 11.3. The third kappa shape index (κ3) is 3.86. The maximum atomic E-state index is 9.06. The molecular weight excluding hydrogens is 294 g/mol. The van der Waals surface area contributed by atoms with Gasteiger partial charge < -0.3 is 9.47 Å². The molecule has 23 heavy (non-hydrogen) atoms. The first-order valence-corrected chi connectivity index (χ1v) is 7.61. The van der Waals surface area contributed by atoms with E-state index in [1.807, 2.05) is 25.1 Å². The lowest BCUT2D eigenvalue weighted by Gasteiger charge is -2.31. The summed E-state index contributed by atoms with van der Waals surface area (Å²) in [6.45, 7) is 5.40. The van der Waals surface area contributed by atoms with Crippen molar-refractivity contribution in [1.82, 2.24) is 20.1 Å². The molecule has 1 aliphatic heterocycles. The van der Waals surface area contributed by atoms with Gasteiger partial charge in [-0.25, -0.2) is 4.98 Å². The number of aromatic amines is 1. The van der Waals surface area contributed by atoms with E-state index in [9.17, 15) is 0 Å². The van der Waals surface area contributed by atoms with Crippen LogP contribution in [0.25, 0.3) is 0 Å². The van der Waals surface area contributed by atoms with Crippen molar-refractivity contribution in [3.8, 4) is 11.8 Å². The van der Waals surface area contributed by atoms with Crippen molar-refractivity contribution < 1.29 is 9.47 Å². The number of para-hydroxylation sites is 1. The van der Waals surface area contributed by atoms with Gasteiger partial charge >= 0.3 is 0 Å². The number of aryl methyl sites for hydroxylation is 1. The van der Waals surface area contributed by atoms with Crippen LogP contribution in [-0.4, -0.2) is 52.9 Å². The molecule has 1 aromatic heterocycles. The summed E-state index contributed by atoms with van der Waals surface area (Å²) >= 11 is 0. The van der Waals surface area contributed by atoms with Crippen LogP contribution in [0.4, 0.5) is 0 Å². The predicted molar refractivity (Wildman–Crippen MR) is 82.9 cm³/mol. The Bertz CT molecular complexity index is 694. The fourth-order valence-corrected chi connectivity index (χ4v) is 2.54. The van der Waals surface area contributed by atoms with Gasteiger partial charge in [-0.3, -0.25) is 10.00 Å². The fourth-order valence-electron chi connectivity index (χ4n) is 2.54. The molecule has 1 N–H and O–H groups in total. The summed E-state index contributed by atoms with van der Waals surface area (Å²) in [5.41, 5.74) is 0.559. The molecule has 7 heteroatoms. The lowest BCUT2D eigenvalue weighted by molar-refractivity contribution is -0.0369. The first-order valence-electron chi connectivity index (χ1n) is 7.61. The average Bonchev–Trinajstić information content (AvgIpc) is 3.02. The smallest absolute Gasteiger partial charge is 0.180 e. The van der Waals surface area contributed by atoms with Crippen LogP contribution in [0.5, 0.6) is 5.75 Å². The maximum Gasteiger partial charge on any atom is 0.180 e. The molecule has 1 atom stereocenters. The van der Waals surface area contributed by atoms with Gasteiger partial charge in [0.2, 0.25) is 0 Å². The normalized spacial score (nSPS) is 18.5. The van der Waals surface area contributed by atoms with Gasteiger partial charge in [0.25, 0.3) is 0 Å². The van der Waals surface area contributed by atoms with Crippen molar-refractivity contribution in [2.75, 3.05) is 32.8 Å². The Kier molecular flexibility index (Phi) is 4.86. The second kappa shape index (κ2) is 7.22. The van der Waals surface area contributed by atoms with Gasteiger partial charge in [-0.2, -0.15) is 10.4 Å². The zero-order valence-electron chi connectivity index (χ0n) is 13.0. The van der Waals surface area contributed by atoms with Crippen LogP contribution in [0.15, 0.2) is 24.3 Å². The topological polar surface area (TPSA) is 87.1 Å². The number of nitrogens with one attached hydrogen (secondary N) is 1. The molecular formula is C16H19N5O2. The van der Waals surface area contributed by atoms with Crippen LogP contribution in [0.3, 0.4) is 0 Å². The van der Waals surface area contributed by atoms with Gasteiger partial charge in [-0.05, 0) is 19.1 Å². The molecule has 3 rings (SSSR count). The van der Waals surface area contributed by atoms with E-state index in [2.05, 4.69) is 26.2 Å². The minimum absolute atomic E-state index is 0.111. The van der Waals surface area contributed by atoms with Gasteiger partial charge in [0, 0.05) is 19.6 Å². The minimum Gasteiger partial charge on any atom is -0.491 e. The molecule has 2 heterocycles. The summed E-state index contributed by atoms with van der Waals surface area (Å²) in [6, 6.07) is 9.41. The van der Waals surface area contributed by atoms with Gasteiger partial charge in [-0.15, -0.1) is 0 Å². The molecule has 1 saturated heterocycles. The summed E-state index contributed by atoms with van der Waals surface area (Å²) in [7, 11) is 0. The van der Waals surface area contributed by atoms with E-state index < -0.39 is 0 Å². The molecule has 0 amide bonds. The number of morpholine rings is 1. The number of H-pyrrole nitrogens is 1. The number of rotatable bonds is 5. The zero-order chi connectivity index (χ0) is 16.1. The van der Waals surface area contributed by atoms with Crippen LogP contribution in [0.2, 0.25) is 0 Å². The van der Waals surface area contributed by atoms with Crippen molar-refractivity contribution in [1.29, 1.82) is 5.26 Å². The third-order valence-corrected chi connectivity index (χ3v) is 3.73. The van der Waals surface area contributed by atoms with E-state index in [0.717, 1.165) is 25.5 Å². The Labute approximate surface area is 134 Å². The average molecular weight is 313 g/mol. The largest absolute Gasteiger partial charge is 0.491 e. The second-order valence-corrected chi connectivity index (χ2v) is 5.40. The van der Waals surface area contributed by atoms with Crippen molar-refractivity contribution in [3.63, 3.8) is 0 Å². The van der Waals surface area contributed by atoms with E-state index in [0.29, 0.717) is 30.4 Å². The summed E-state index contributed by atoms with van der Waals surface area (Å²) in [5, 5.41) is 16.1. The summed E-state index contributed by atoms with van der Waals surface area (Å²) < 4.78 is 11.5. The Morgan fingerprint density at radius 2 is 2.35 bits per heavy atom. The first kappa shape index (κ1) is 15.5. The molecule has 0 bridgehead atoms. The van der Waals surface area contributed by atoms with Crippen LogP contribution in [-0.2, 0) is 4.74 Å². The Hall–Kier alpha value is -2.43. The fraction of sp³-hybridized carbons (Fsp3) is 0.438. The highest BCUT2D eigenvalue weighted by molar-refractivity contribution is 5.42. The molecule has 1 aromatic carbocycles. The summed E-state index contributed by atoms with van der Waals surface area (Å²) in [4.78, 5) is 6.59. The Morgan fingerprint density at radius 1 is 1.48 bits per heavy atom. The van der Waals surface area contributed by atoms with E-state index in [-0.39, 0.29) is 6.10 Å². The number of nitrogens with zero attached hydrogens (tertiary/aromatic N) is 4. The van der Waals surface area contributed by atoms with Crippen molar-refractivity contribution in [3.05, 3.63) is 41.5 Å². The highest BCUT2D eigenvalue weighted by Crippen LogP contribution is 2.19. The van der Waals surface area contributed by atoms with Crippen molar-refractivity contribution >= 4 is 0 Å². The monoisotopic (exact) mass is 313 g/mol. The third-order valence-electron chi connectivity index (χ3n) is 3.73. The molecule has 0 radical (unpaired) electrons. The van der Waals surface area contributed by atoms with Crippen LogP contribution in [0, 0.1) is 18.3 Å². The highest BCUT2D eigenvalue weighted by atomic mass is 16.5. The molecule has 1 unspecified atom stereocenters. The quantitative estimate of drug-likeness (QED) is 0.898. The van der Waals surface area contributed by atoms with Gasteiger partial charge in [0.1, 0.15) is 30.4 Å². The molecule has 2 aromatic rings. The second-order valence-electron chi connectivity index (χ2n) is 5.40. The standard InChI is InChI=1S/C16H19N5O2/c1-12-18-16(20-19-12)15-11-21(7-9-23-15)6-8-22-14-5-3-2-4-13(14)10-17/h2-5,15H,6-9,11H2,1H3,(H,18,19,20). The number of aromatic nitrogens is 3. The highest BCUT2D eigenvalue weighted by Gasteiger charge is 2.24. The minimum atomic E-state index is -0.111. The predicted octanol–water partition coefficient (Wildman–Crippen LogP) is 1.44. The lowest BCUT2D eigenvalue weighted by Crippen LogP contribution is -2.40. The molecule has 7 nitrogen and oxygen atoms in total. The number of hydrogen-bond donors (Lipinski definition) is 1. The number of nitriles is 1.